The third-order valence-electron chi connectivity index (χ3n) is 10.3. The number of carbonyl (C=O) groups excluding carboxylic acids is 1. The van der Waals surface area contributed by atoms with Crippen molar-refractivity contribution in [2.45, 2.75) is 141 Å². The lowest BCUT2D eigenvalue weighted by Gasteiger charge is -2.22. The van der Waals surface area contributed by atoms with Gasteiger partial charge in [-0.2, -0.15) is 20.2 Å². The van der Waals surface area contributed by atoms with E-state index < -0.39 is 11.9 Å². The van der Waals surface area contributed by atoms with Gasteiger partial charge in [-0.05, 0) is 36.8 Å². The number of amides is 1. The number of aromatic amines is 2. The van der Waals surface area contributed by atoms with Crippen LogP contribution in [-0.4, -0.2) is 62.9 Å². The molecule has 2 aliphatic carbocycles. The molecule has 4 heterocycles. The van der Waals surface area contributed by atoms with Crippen LogP contribution in [0.1, 0.15) is 151 Å². The second kappa shape index (κ2) is 21.7. The van der Waals surface area contributed by atoms with Crippen LogP contribution in [0, 0.1) is 11.8 Å². The third-order valence-corrected chi connectivity index (χ3v) is 10.3. The first-order chi connectivity index (χ1) is 25.9. The number of rotatable bonds is 20. The summed E-state index contributed by atoms with van der Waals surface area (Å²) in [5.74, 6) is 3.36. The van der Waals surface area contributed by atoms with Gasteiger partial charge in [-0.3, -0.25) is 25.0 Å². The number of nitrogens with one attached hydrogen (secondary N) is 5. The van der Waals surface area contributed by atoms with Crippen LogP contribution < -0.4 is 16.1 Å². The molecule has 17 nitrogen and oxygen atoms in total. The lowest BCUT2D eigenvalue weighted by Crippen LogP contribution is -2.21. The molecule has 17 heteroatoms. The van der Waals surface area contributed by atoms with Crippen LogP contribution >= 0.6 is 0 Å². The van der Waals surface area contributed by atoms with Crippen LogP contribution in [0.2, 0.25) is 0 Å². The molecule has 4 aromatic heterocycles. The third kappa shape index (κ3) is 13.9. The SMILES string of the molecule is O=C(C[C@@H](CCCC1CCCCC1)c1nc(CNc2ccn[nH]2)no1)NO.O=C(O)C[C@@H](CCCC1CCCCC1)c1nc(CNc2ccn[nH]2)no1. The Morgan fingerprint density at radius 3 is 1.62 bits per heavy atom. The molecular weight excluding hydrogens is 682 g/mol. The van der Waals surface area contributed by atoms with Gasteiger partial charge in [0.05, 0.1) is 31.9 Å². The van der Waals surface area contributed by atoms with Crippen molar-refractivity contribution >= 4 is 23.5 Å². The van der Waals surface area contributed by atoms with Crippen molar-refractivity contribution in [3.8, 4) is 0 Å². The normalized spacial score (nSPS) is 16.3. The molecule has 290 valence electrons. The van der Waals surface area contributed by atoms with E-state index in [0.29, 0.717) is 36.5 Å². The molecule has 0 aliphatic heterocycles. The van der Waals surface area contributed by atoms with E-state index in [4.69, 9.17) is 14.3 Å². The van der Waals surface area contributed by atoms with Gasteiger partial charge in [-0.1, -0.05) is 100 Å². The van der Waals surface area contributed by atoms with E-state index in [1.165, 1.54) is 77.0 Å². The molecule has 2 atom stereocenters. The zero-order valence-corrected chi connectivity index (χ0v) is 30.5. The number of aromatic nitrogens is 8. The van der Waals surface area contributed by atoms with Crippen LogP contribution in [0.15, 0.2) is 33.6 Å². The average molecular weight is 738 g/mol. The van der Waals surface area contributed by atoms with E-state index in [-0.39, 0.29) is 24.7 Å². The van der Waals surface area contributed by atoms with Gasteiger partial charge < -0.3 is 24.8 Å². The molecule has 0 unspecified atom stereocenters. The Balaban J connectivity index is 0.000000204. The van der Waals surface area contributed by atoms with E-state index >= 15 is 0 Å². The number of nitrogens with zero attached hydrogens (tertiary/aromatic N) is 6. The largest absolute Gasteiger partial charge is 0.481 e. The van der Waals surface area contributed by atoms with Gasteiger partial charge in [0.25, 0.3) is 0 Å². The second-order valence-corrected chi connectivity index (χ2v) is 14.3. The van der Waals surface area contributed by atoms with Crippen LogP contribution in [0.3, 0.4) is 0 Å². The summed E-state index contributed by atoms with van der Waals surface area (Å²) in [6, 6.07) is 3.61. The molecule has 7 N–H and O–H groups in total. The van der Waals surface area contributed by atoms with Gasteiger partial charge in [0.1, 0.15) is 11.6 Å². The Hall–Kier alpha value is -4.80. The van der Waals surface area contributed by atoms with Gasteiger partial charge >= 0.3 is 5.97 Å². The van der Waals surface area contributed by atoms with E-state index in [2.05, 4.69) is 51.3 Å². The first-order valence-corrected chi connectivity index (χ1v) is 19.2. The molecule has 2 saturated carbocycles. The smallest absolute Gasteiger partial charge is 0.304 e. The monoisotopic (exact) mass is 737 g/mol. The van der Waals surface area contributed by atoms with Gasteiger partial charge in [0.2, 0.25) is 17.7 Å². The Bertz CT molecular complexity index is 1580. The Labute approximate surface area is 309 Å². The molecule has 4 aromatic rings. The standard InChI is InChI=1S/C18H28N6O3.C18H27N5O3/c25-17(23-26)11-14(8-4-7-13-5-2-1-3-6-13)18-21-16(24-27-18)12-19-15-9-10-20-22-15;24-17(25)11-14(8-4-7-13-5-2-1-3-6-13)18-21-16(23-26-18)12-19-15-9-10-20-22-15/h9-10,13-14,26H,1-8,11-12H2,(H,23,25)(H2,19,20,22);9-10,13-14H,1-8,11-12H2,(H,24,25)(H2,19,20,22)/t2*14-/m11/s1. The maximum absolute atomic E-state index is 11.7. The van der Waals surface area contributed by atoms with Crippen molar-refractivity contribution in [3.05, 3.63) is 48.0 Å². The Kier molecular flexibility index (Phi) is 16.1. The minimum absolute atomic E-state index is 0.0281. The van der Waals surface area contributed by atoms with E-state index in [1.807, 2.05) is 0 Å². The van der Waals surface area contributed by atoms with Crippen molar-refractivity contribution in [2.75, 3.05) is 10.6 Å². The van der Waals surface area contributed by atoms with Crippen LogP contribution in [0.4, 0.5) is 11.6 Å². The molecule has 0 bridgehead atoms. The minimum Gasteiger partial charge on any atom is -0.481 e. The highest BCUT2D eigenvalue weighted by atomic mass is 16.5. The number of hydrogen-bond acceptors (Lipinski definition) is 13. The lowest BCUT2D eigenvalue weighted by atomic mass is 9.84. The summed E-state index contributed by atoms with van der Waals surface area (Å²) >= 11 is 0. The molecule has 1 amide bonds. The number of hydroxylamine groups is 1. The molecule has 0 radical (unpaired) electrons. The Morgan fingerprint density at radius 2 is 1.21 bits per heavy atom. The molecular formula is C36H55N11O6. The van der Waals surface area contributed by atoms with Crippen LogP contribution in [-0.2, 0) is 22.7 Å². The fraction of sp³-hybridized carbons (Fsp3) is 0.667. The molecule has 53 heavy (non-hydrogen) atoms. The average Bonchev–Trinajstić information content (AvgIpc) is 4.02. The first kappa shape index (κ1) is 39.4. The number of carbonyl (C=O) groups is 2. The highest BCUT2D eigenvalue weighted by Crippen LogP contribution is 2.32. The zero-order chi connectivity index (χ0) is 37.1. The molecule has 2 fully saturated rings. The van der Waals surface area contributed by atoms with E-state index in [9.17, 15) is 14.7 Å². The number of hydrogen-bond donors (Lipinski definition) is 7. The fourth-order valence-electron chi connectivity index (χ4n) is 7.43. The minimum atomic E-state index is -0.831. The maximum atomic E-state index is 11.7. The van der Waals surface area contributed by atoms with Gasteiger partial charge in [0, 0.05) is 18.3 Å². The van der Waals surface area contributed by atoms with Crippen molar-refractivity contribution in [2.24, 2.45) is 11.8 Å². The van der Waals surface area contributed by atoms with E-state index in [0.717, 1.165) is 49.2 Å². The summed E-state index contributed by atoms with van der Waals surface area (Å²) in [4.78, 5) is 31.7. The first-order valence-electron chi connectivity index (χ1n) is 19.2. The second-order valence-electron chi connectivity index (χ2n) is 14.3. The van der Waals surface area contributed by atoms with E-state index in [1.54, 1.807) is 30.0 Å². The van der Waals surface area contributed by atoms with Crippen molar-refractivity contribution in [3.63, 3.8) is 0 Å². The van der Waals surface area contributed by atoms with Crippen LogP contribution in [0.25, 0.3) is 0 Å². The lowest BCUT2D eigenvalue weighted by molar-refractivity contribution is -0.137. The number of anilines is 2. The Morgan fingerprint density at radius 1 is 0.736 bits per heavy atom. The highest BCUT2D eigenvalue weighted by molar-refractivity contribution is 5.75. The van der Waals surface area contributed by atoms with Crippen molar-refractivity contribution < 1.29 is 28.9 Å². The molecule has 0 spiro atoms. The van der Waals surface area contributed by atoms with Gasteiger partial charge in [0.15, 0.2) is 11.6 Å². The zero-order valence-electron chi connectivity index (χ0n) is 30.5. The molecule has 0 saturated heterocycles. The summed E-state index contributed by atoms with van der Waals surface area (Å²) in [5.41, 5.74) is 1.70. The van der Waals surface area contributed by atoms with Crippen molar-refractivity contribution in [1.29, 1.82) is 0 Å². The number of carboxylic acids is 1. The maximum Gasteiger partial charge on any atom is 0.304 e. The summed E-state index contributed by atoms with van der Waals surface area (Å²) in [6.45, 7) is 0.792. The fourth-order valence-corrected chi connectivity index (χ4v) is 7.43. The summed E-state index contributed by atoms with van der Waals surface area (Å²) in [6.07, 6.45) is 22.7. The molecule has 6 rings (SSSR count). The quantitative estimate of drug-likeness (QED) is 0.0362. The van der Waals surface area contributed by atoms with Gasteiger partial charge in [-0.15, -0.1) is 0 Å². The number of aliphatic carboxylic acids is 1. The number of carboxylic acid groups (broad SMARTS) is 1. The molecule has 0 aromatic carbocycles. The predicted molar refractivity (Wildman–Crippen MR) is 194 cm³/mol. The number of H-pyrrole nitrogens is 2. The van der Waals surface area contributed by atoms with Crippen LogP contribution in [0.5, 0.6) is 0 Å². The topological polar surface area (TPSA) is 246 Å². The predicted octanol–water partition coefficient (Wildman–Crippen LogP) is 6.85. The highest BCUT2D eigenvalue weighted by Gasteiger charge is 2.25. The van der Waals surface area contributed by atoms with Gasteiger partial charge in [-0.25, -0.2) is 5.48 Å². The summed E-state index contributed by atoms with van der Waals surface area (Å²) in [5, 5.41) is 45.6. The van der Waals surface area contributed by atoms with Crippen molar-refractivity contribution in [1.82, 2.24) is 46.2 Å². The molecule has 2 aliphatic rings. The summed E-state index contributed by atoms with van der Waals surface area (Å²) in [7, 11) is 0. The summed E-state index contributed by atoms with van der Waals surface area (Å²) < 4.78 is 10.7.